The van der Waals surface area contributed by atoms with Crippen molar-refractivity contribution in [2.75, 3.05) is 0 Å². The number of para-hydroxylation sites is 2. The van der Waals surface area contributed by atoms with Crippen LogP contribution in [0, 0.1) is 0 Å². The minimum atomic E-state index is 0. The molecule has 0 unspecified atom stereocenters. The number of fused-ring (bicyclic) bond motifs is 1. The summed E-state index contributed by atoms with van der Waals surface area (Å²) in [6, 6.07) is 16.0. The summed E-state index contributed by atoms with van der Waals surface area (Å²) in [5, 5.41) is 20.2. The predicted molar refractivity (Wildman–Crippen MR) is 93.1 cm³/mol. The Balaban J connectivity index is 0.00000196. The molecule has 26 heavy (non-hydrogen) atoms. The van der Waals surface area contributed by atoms with E-state index in [-0.39, 0.29) is 39.6 Å². The van der Waals surface area contributed by atoms with E-state index in [4.69, 9.17) is 0 Å². The monoisotopic (exact) mass is 501 g/mol. The largest absolute Gasteiger partial charge is 1.00 e. The Kier molecular flexibility index (Phi) is 6.38. The molecule has 0 aromatic heterocycles. The van der Waals surface area contributed by atoms with Crippen LogP contribution in [-0.2, 0) is 15.7 Å². The topological polar surface area (TPSA) is 46.5 Å². The minimum absolute atomic E-state index is 0. The maximum absolute atomic E-state index is 10.1. The zero-order valence-electron chi connectivity index (χ0n) is 14.3. The van der Waals surface area contributed by atoms with E-state index in [2.05, 4.69) is 19.5 Å². The Morgan fingerprint density at radius 2 is 1.19 bits per heavy atom. The van der Waals surface area contributed by atoms with Gasteiger partial charge in [0.1, 0.15) is 0 Å². The van der Waals surface area contributed by atoms with E-state index >= 15 is 0 Å². The van der Waals surface area contributed by atoms with Crippen molar-refractivity contribution < 1.29 is 57.0 Å². The van der Waals surface area contributed by atoms with E-state index in [0.29, 0.717) is 23.6 Å². The van der Waals surface area contributed by atoms with E-state index in [1.807, 2.05) is 36.4 Å². The summed E-state index contributed by atoms with van der Waals surface area (Å²) in [6.45, 7) is 0. The van der Waals surface area contributed by atoms with Gasteiger partial charge >= 0.3 is 154 Å². The molecule has 2 aromatic carbocycles. The van der Waals surface area contributed by atoms with E-state index < -0.39 is 0 Å². The fourth-order valence-electron chi connectivity index (χ4n) is 3.62. The van der Waals surface area contributed by atoms with Crippen molar-refractivity contribution in [2.45, 2.75) is 37.8 Å². The normalized spacial score (nSPS) is 25.1. The first-order chi connectivity index (χ1) is 12.2. The van der Waals surface area contributed by atoms with Crippen LogP contribution >= 0.6 is 0 Å². The molecule has 1 saturated carbocycles. The molecular weight excluding hydrogens is 479 g/mol. The van der Waals surface area contributed by atoms with Crippen molar-refractivity contribution in [2.24, 2.45) is 0 Å². The molecular formula is C20H22CrIN2O2+. The summed E-state index contributed by atoms with van der Waals surface area (Å²) in [7, 11) is 0. The fraction of sp³-hybridized carbons (Fsp3) is 0.300. The van der Waals surface area contributed by atoms with Gasteiger partial charge in [-0.05, 0) is 0 Å². The zero-order chi connectivity index (χ0) is 17.2. The molecule has 0 radical (unpaired) electrons. The van der Waals surface area contributed by atoms with E-state index in [1.54, 1.807) is 12.1 Å². The second-order valence-corrected chi connectivity index (χ2v) is 8.17. The van der Waals surface area contributed by atoms with Crippen molar-refractivity contribution in [3.63, 3.8) is 0 Å². The molecule has 0 bridgehead atoms. The zero-order valence-corrected chi connectivity index (χ0v) is 17.8. The van der Waals surface area contributed by atoms with Crippen LogP contribution < -0.4 is 24.0 Å². The van der Waals surface area contributed by atoms with E-state index in [9.17, 15) is 10.2 Å². The third kappa shape index (κ3) is 3.98. The maximum Gasteiger partial charge on any atom is -1.00 e. The fourth-order valence-corrected chi connectivity index (χ4v) is 5.61. The van der Waals surface area contributed by atoms with Crippen LogP contribution in [0.5, 0.6) is 11.5 Å². The van der Waals surface area contributed by atoms with Crippen LogP contribution in [0.25, 0.3) is 0 Å². The Morgan fingerprint density at radius 3 is 1.62 bits per heavy atom. The summed E-state index contributed by atoms with van der Waals surface area (Å²) in [6.07, 6.45) is 9.09. The van der Waals surface area contributed by atoms with Gasteiger partial charge in [0.05, 0.1) is 0 Å². The second-order valence-electron chi connectivity index (χ2n) is 6.60. The Labute approximate surface area is 177 Å². The molecule has 6 heteroatoms. The smallest absolute Gasteiger partial charge is 1.00 e. The molecule has 2 atom stereocenters. The van der Waals surface area contributed by atoms with Gasteiger partial charge in [0.2, 0.25) is 0 Å². The van der Waals surface area contributed by atoms with Crippen LogP contribution in [0.4, 0.5) is 0 Å². The summed E-state index contributed by atoms with van der Waals surface area (Å²) < 4.78 is 4.81. The number of nitrogens with zero attached hydrogens (tertiary/aromatic N) is 2. The predicted octanol–water partition coefficient (Wildman–Crippen LogP) is -0.0979. The van der Waals surface area contributed by atoms with Crippen molar-refractivity contribution >= 4 is 12.4 Å². The molecule has 1 aliphatic heterocycles. The van der Waals surface area contributed by atoms with Gasteiger partial charge < -0.3 is 24.0 Å². The standard InChI is InChI=1S/C20H22N2O2.Cr.HI/c23-19-11-5-1-7-15(19)13-21-17-9-3-4-10-18(17)22-14-16-8-2-6-12-20(16)24;;/h1-2,5-8,11-14,17-18,23-24H,3-4,9-10H2;;1H/q;+2;/p-1/t17-,18-;;/m1../s1. The van der Waals surface area contributed by atoms with E-state index in [0.717, 1.165) is 11.1 Å². The molecule has 2 N–H and O–H groups in total. The van der Waals surface area contributed by atoms with Gasteiger partial charge in [0.15, 0.2) is 0 Å². The minimum Gasteiger partial charge on any atom is -1.00 e. The van der Waals surface area contributed by atoms with Gasteiger partial charge in [0.25, 0.3) is 0 Å². The van der Waals surface area contributed by atoms with Crippen LogP contribution in [0.15, 0.2) is 48.5 Å². The van der Waals surface area contributed by atoms with E-state index in [1.165, 1.54) is 25.7 Å². The first-order valence-corrected chi connectivity index (χ1v) is 9.87. The average Bonchev–Trinajstić information content (AvgIpc) is 2.97. The van der Waals surface area contributed by atoms with Gasteiger partial charge in [-0.3, -0.25) is 0 Å². The van der Waals surface area contributed by atoms with Gasteiger partial charge in [0, 0.05) is 0 Å². The maximum atomic E-state index is 10.1. The molecule has 2 aliphatic rings. The number of rotatable bonds is 2. The Hall–Kier alpha value is -1.36. The van der Waals surface area contributed by atoms with Crippen molar-refractivity contribution in [3.8, 4) is 11.5 Å². The number of aromatic hydroxyl groups is 2. The summed E-state index contributed by atoms with van der Waals surface area (Å²) in [4.78, 5) is 0. The Bertz CT molecular complexity index is 784. The molecule has 136 valence electrons. The van der Waals surface area contributed by atoms with Crippen LogP contribution in [0.1, 0.15) is 36.8 Å². The molecule has 1 aliphatic carbocycles. The number of hydrogen-bond donors (Lipinski definition) is 2. The van der Waals surface area contributed by atoms with Gasteiger partial charge in [-0.25, -0.2) is 0 Å². The molecule has 4 rings (SSSR count). The van der Waals surface area contributed by atoms with Crippen LogP contribution in [0.2, 0.25) is 0 Å². The van der Waals surface area contributed by atoms with Crippen LogP contribution in [-0.4, -0.2) is 41.8 Å². The number of hydrogen-bond acceptors (Lipinski definition) is 2. The third-order valence-electron chi connectivity index (χ3n) is 4.94. The first kappa shape index (κ1) is 19.4. The van der Waals surface area contributed by atoms with Crippen molar-refractivity contribution in [1.82, 2.24) is 0 Å². The summed E-state index contributed by atoms with van der Waals surface area (Å²) >= 11 is 0.115. The second kappa shape index (κ2) is 8.55. The average molecular weight is 501 g/mol. The van der Waals surface area contributed by atoms with Crippen LogP contribution in [0.3, 0.4) is 0 Å². The third-order valence-corrected chi connectivity index (χ3v) is 6.71. The van der Waals surface area contributed by atoms with Gasteiger partial charge in [-0.15, -0.1) is 0 Å². The van der Waals surface area contributed by atoms with Crippen molar-refractivity contribution in [1.29, 1.82) is 0 Å². The summed E-state index contributed by atoms with van der Waals surface area (Å²) in [5.41, 5.74) is 1.75. The molecule has 1 heterocycles. The number of phenolic OH excluding ortho intramolecular Hbond substituents is 2. The molecule has 1 saturated heterocycles. The quantitative estimate of drug-likeness (QED) is 0.566. The van der Waals surface area contributed by atoms with Gasteiger partial charge in [-0.1, -0.05) is 0 Å². The molecule has 2 aromatic rings. The molecule has 2 fully saturated rings. The number of phenols is 2. The molecule has 4 nitrogen and oxygen atoms in total. The first-order valence-electron chi connectivity index (χ1n) is 8.73. The molecule has 0 spiro atoms. The van der Waals surface area contributed by atoms with Gasteiger partial charge in [-0.2, -0.15) is 0 Å². The number of benzene rings is 2. The number of halogens is 1. The summed E-state index contributed by atoms with van der Waals surface area (Å²) in [5.74, 6) is 0.655. The van der Waals surface area contributed by atoms with Crippen molar-refractivity contribution in [3.05, 3.63) is 59.7 Å². The Morgan fingerprint density at radius 1 is 0.769 bits per heavy atom. The SMILES string of the molecule is Oc1ccccc1C=[N+]1[Cr][N+](=Cc2ccccc2O)[C@@H]2CCCC[C@H]21.[I-]. The molecule has 0 amide bonds.